The van der Waals surface area contributed by atoms with E-state index in [9.17, 15) is 5.21 Å². The summed E-state index contributed by atoms with van der Waals surface area (Å²) in [6, 6.07) is 16.5. The van der Waals surface area contributed by atoms with Crippen molar-refractivity contribution >= 4 is 5.82 Å². The largest absolute Gasteiger partial charge is 0.711 e. The normalized spacial score (nSPS) is 26.9. The van der Waals surface area contributed by atoms with Crippen LogP contribution >= 0.6 is 0 Å². The number of nitrogens with zero attached hydrogens (tertiary/aromatic N) is 2. The summed E-state index contributed by atoms with van der Waals surface area (Å²) in [5, 5.41) is 12.1. The fourth-order valence-electron chi connectivity index (χ4n) is 3.91. The van der Waals surface area contributed by atoms with Crippen molar-refractivity contribution in [3.8, 4) is 5.75 Å². The Morgan fingerprint density at radius 1 is 0.955 bits per heavy atom. The first-order valence-corrected chi connectivity index (χ1v) is 7.99. The molecule has 4 heteroatoms. The zero-order chi connectivity index (χ0) is 14.9. The lowest BCUT2D eigenvalue weighted by molar-refractivity contribution is -0.592. The number of aromatic nitrogens is 1. The van der Waals surface area contributed by atoms with Crippen LogP contribution in [0.25, 0.3) is 0 Å². The average Bonchev–Trinajstić information content (AvgIpc) is 2.80. The topological polar surface area (TPSA) is 39.4 Å². The predicted octanol–water partition coefficient (Wildman–Crippen LogP) is 2.90. The number of fused-ring (bicyclic) bond motifs is 2. The van der Waals surface area contributed by atoms with Crippen LogP contribution in [0.3, 0.4) is 0 Å². The number of hydrogen-bond acceptors (Lipinski definition) is 3. The molecule has 1 aromatic carbocycles. The summed E-state index contributed by atoms with van der Waals surface area (Å²) >= 11 is 0. The second-order valence-electron chi connectivity index (χ2n) is 6.20. The fraction of sp³-hybridized carbons (Fsp3) is 0.389. The van der Waals surface area contributed by atoms with Crippen molar-refractivity contribution < 1.29 is 9.47 Å². The number of para-hydroxylation sites is 1. The molecule has 0 saturated carbocycles. The van der Waals surface area contributed by atoms with Gasteiger partial charge in [0.05, 0.1) is 6.20 Å². The standard InChI is InChI=1S/C18H20N2O2/c21-19-11-5-4-8-18(19)20-14-9-10-15(20)13-17(12-14)22-16-6-2-1-3-7-16/h1-8,11,14-15,17H,9-10,12-13H2/t14-,15+,17+. The van der Waals surface area contributed by atoms with E-state index in [-0.39, 0.29) is 6.10 Å². The molecule has 0 amide bonds. The predicted molar refractivity (Wildman–Crippen MR) is 84.8 cm³/mol. The Hall–Kier alpha value is -2.23. The van der Waals surface area contributed by atoms with Gasteiger partial charge in [-0.15, -0.1) is 0 Å². The van der Waals surface area contributed by atoms with Crippen molar-refractivity contribution in [1.82, 2.24) is 0 Å². The van der Waals surface area contributed by atoms with Gasteiger partial charge in [-0.25, -0.2) is 4.73 Å². The maximum atomic E-state index is 12.1. The van der Waals surface area contributed by atoms with Gasteiger partial charge < -0.3 is 9.94 Å². The summed E-state index contributed by atoms with van der Waals surface area (Å²) in [5.74, 6) is 1.73. The van der Waals surface area contributed by atoms with Gasteiger partial charge in [-0.1, -0.05) is 24.3 Å². The van der Waals surface area contributed by atoms with Gasteiger partial charge in [0.15, 0.2) is 0 Å². The Morgan fingerprint density at radius 3 is 2.32 bits per heavy atom. The van der Waals surface area contributed by atoms with Gasteiger partial charge in [-0.05, 0) is 31.0 Å². The van der Waals surface area contributed by atoms with Gasteiger partial charge in [0.25, 0.3) is 5.82 Å². The number of hydrogen-bond donors (Lipinski definition) is 0. The highest BCUT2D eigenvalue weighted by atomic mass is 16.5. The first-order valence-electron chi connectivity index (χ1n) is 7.99. The SMILES string of the molecule is [O-][n+]1ccccc1N1[C@@H]2CC[C@H]1C[C@@H](Oc1ccccc1)C2. The highest BCUT2D eigenvalue weighted by Crippen LogP contribution is 2.39. The monoisotopic (exact) mass is 296 g/mol. The molecule has 0 aliphatic carbocycles. The van der Waals surface area contributed by atoms with Crippen molar-refractivity contribution in [3.05, 3.63) is 59.9 Å². The van der Waals surface area contributed by atoms with Crippen LogP contribution in [0.4, 0.5) is 5.82 Å². The van der Waals surface area contributed by atoms with E-state index in [4.69, 9.17) is 4.74 Å². The van der Waals surface area contributed by atoms with Crippen LogP contribution in [0.15, 0.2) is 54.7 Å². The van der Waals surface area contributed by atoms with Crippen LogP contribution in [0.5, 0.6) is 5.75 Å². The number of rotatable bonds is 3. The Kier molecular flexibility index (Phi) is 3.37. The quantitative estimate of drug-likeness (QED) is 0.646. The average molecular weight is 296 g/mol. The maximum Gasteiger partial charge on any atom is 0.280 e. The van der Waals surface area contributed by atoms with Crippen LogP contribution in [0.2, 0.25) is 0 Å². The first kappa shape index (κ1) is 13.4. The second-order valence-corrected chi connectivity index (χ2v) is 6.20. The minimum atomic E-state index is 0.250. The summed E-state index contributed by atoms with van der Waals surface area (Å²) in [5.41, 5.74) is 0. The molecule has 1 aromatic heterocycles. The number of ether oxygens (including phenoxy) is 1. The van der Waals surface area contributed by atoms with Gasteiger partial charge in [-0.2, -0.15) is 0 Å². The minimum Gasteiger partial charge on any atom is -0.711 e. The van der Waals surface area contributed by atoms with Gasteiger partial charge in [-0.3, -0.25) is 4.90 Å². The van der Waals surface area contributed by atoms with Gasteiger partial charge in [0.1, 0.15) is 23.9 Å². The van der Waals surface area contributed by atoms with E-state index < -0.39 is 0 Å². The first-order chi connectivity index (χ1) is 10.8. The molecule has 3 heterocycles. The summed E-state index contributed by atoms with van der Waals surface area (Å²) in [7, 11) is 0. The smallest absolute Gasteiger partial charge is 0.280 e. The van der Waals surface area contributed by atoms with E-state index in [1.165, 1.54) is 0 Å². The fourth-order valence-corrected chi connectivity index (χ4v) is 3.91. The van der Waals surface area contributed by atoms with Crippen molar-refractivity contribution in [2.45, 2.75) is 43.9 Å². The van der Waals surface area contributed by atoms with E-state index in [0.29, 0.717) is 12.1 Å². The summed E-state index contributed by atoms with van der Waals surface area (Å²) < 4.78 is 7.13. The van der Waals surface area contributed by atoms with Crippen molar-refractivity contribution in [2.75, 3.05) is 4.90 Å². The lowest BCUT2D eigenvalue weighted by Gasteiger charge is -2.35. The minimum absolute atomic E-state index is 0.250. The van der Waals surface area contributed by atoms with Gasteiger partial charge >= 0.3 is 0 Å². The number of benzene rings is 1. The Bertz CT molecular complexity index is 633. The van der Waals surface area contributed by atoms with E-state index in [1.807, 2.05) is 42.5 Å². The van der Waals surface area contributed by atoms with E-state index >= 15 is 0 Å². The lowest BCUT2D eigenvalue weighted by atomic mass is 9.99. The van der Waals surface area contributed by atoms with Crippen molar-refractivity contribution in [2.24, 2.45) is 0 Å². The zero-order valence-electron chi connectivity index (χ0n) is 12.5. The van der Waals surface area contributed by atoms with E-state index in [2.05, 4.69) is 4.90 Å². The van der Waals surface area contributed by atoms with E-state index in [1.54, 1.807) is 12.3 Å². The summed E-state index contributed by atoms with van der Waals surface area (Å²) in [6.45, 7) is 0. The third kappa shape index (κ3) is 2.39. The Balaban J connectivity index is 1.51. The number of pyridine rings is 1. The summed E-state index contributed by atoms with van der Waals surface area (Å²) in [6.07, 6.45) is 6.10. The Morgan fingerprint density at radius 2 is 1.64 bits per heavy atom. The molecule has 2 aliphatic heterocycles. The molecule has 0 spiro atoms. The molecule has 2 fully saturated rings. The number of anilines is 1. The van der Waals surface area contributed by atoms with Crippen molar-refractivity contribution in [1.29, 1.82) is 0 Å². The molecule has 0 N–H and O–H groups in total. The third-order valence-corrected chi connectivity index (χ3v) is 4.80. The molecule has 2 bridgehead atoms. The molecule has 2 saturated heterocycles. The molecule has 4 nitrogen and oxygen atoms in total. The molecule has 0 radical (unpaired) electrons. The molecular formula is C18H20N2O2. The molecular weight excluding hydrogens is 276 g/mol. The highest BCUT2D eigenvalue weighted by molar-refractivity contribution is 5.39. The lowest BCUT2D eigenvalue weighted by Crippen LogP contribution is -2.50. The van der Waals surface area contributed by atoms with Gasteiger partial charge in [0.2, 0.25) is 0 Å². The maximum absolute atomic E-state index is 12.1. The van der Waals surface area contributed by atoms with Crippen LogP contribution in [-0.2, 0) is 0 Å². The Labute approximate surface area is 130 Å². The van der Waals surface area contributed by atoms with Crippen LogP contribution < -0.4 is 14.4 Å². The molecule has 2 aliphatic rings. The van der Waals surface area contributed by atoms with E-state index in [0.717, 1.165) is 42.0 Å². The second kappa shape index (κ2) is 5.52. The van der Waals surface area contributed by atoms with Gasteiger partial charge in [0, 0.05) is 18.9 Å². The molecule has 22 heavy (non-hydrogen) atoms. The van der Waals surface area contributed by atoms with Crippen LogP contribution in [0.1, 0.15) is 25.7 Å². The molecule has 0 unspecified atom stereocenters. The van der Waals surface area contributed by atoms with Crippen molar-refractivity contribution in [3.63, 3.8) is 0 Å². The molecule has 114 valence electrons. The molecule has 2 aromatic rings. The molecule has 3 atom stereocenters. The van der Waals surface area contributed by atoms with Crippen LogP contribution in [-0.4, -0.2) is 18.2 Å². The summed E-state index contributed by atoms with van der Waals surface area (Å²) in [4.78, 5) is 2.32. The third-order valence-electron chi connectivity index (χ3n) is 4.80. The zero-order valence-corrected chi connectivity index (χ0v) is 12.5. The number of piperidine rings is 1. The molecule has 4 rings (SSSR count). The van der Waals surface area contributed by atoms with Crippen LogP contribution in [0, 0.1) is 5.21 Å². The highest BCUT2D eigenvalue weighted by Gasteiger charge is 2.47.